The molecule has 12 unspecified atom stereocenters. The van der Waals surface area contributed by atoms with Crippen LogP contribution in [0.5, 0.6) is 0 Å². The lowest BCUT2D eigenvalue weighted by molar-refractivity contribution is -0.314. The number of methoxy groups -OCH3 is 3. The Balaban J connectivity index is 1.61. The third-order valence-electron chi connectivity index (χ3n) is 11.2. The molecule has 0 radical (unpaired) electrons. The zero-order valence-electron chi connectivity index (χ0n) is 19.3. The molecule has 0 amide bonds. The van der Waals surface area contributed by atoms with Crippen LogP contribution in [0.25, 0.3) is 0 Å². The van der Waals surface area contributed by atoms with Gasteiger partial charge in [-0.3, -0.25) is 4.90 Å². The molecule has 6 aliphatic rings. The van der Waals surface area contributed by atoms with Gasteiger partial charge in [0.25, 0.3) is 0 Å². The van der Waals surface area contributed by atoms with Crippen molar-refractivity contribution in [3.8, 4) is 0 Å². The van der Waals surface area contributed by atoms with Gasteiger partial charge in [-0.25, -0.2) is 0 Å². The molecule has 176 valence electrons. The van der Waals surface area contributed by atoms with Crippen LogP contribution >= 0.6 is 0 Å². The van der Waals surface area contributed by atoms with Gasteiger partial charge in [0.1, 0.15) is 11.2 Å². The molecule has 1 spiro atoms. The topological polar surface area (TPSA) is 91.6 Å². The van der Waals surface area contributed by atoms with Crippen LogP contribution in [0.15, 0.2) is 0 Å². The van der Waals surface area contributed by atoms with Gasteiger partial charge >= 0.3 is 0 Å². The average Bonchev–Trinajstić information content (AvgIpc) is 3.19. The first-order valence-corrected chi connectivity index (χ1v) is 12.2. The second-order valence-electron chi connectivity index (χ2n) is 11.6. The number of ether oxygens (including phenoxy) is 3. The summed E-state index contributed by atoms with van der Waals surface area (Å²) in [6.07, 6.45) is 2.70. The number of likely N-dealkylation sites (N-methyl/N-ethyl adjacent to an activating group) is 1. The largest absolute Gasteiger partial charge is 0.392 e. The van der Waals surface area contributed by atoms with E-state index in [0.29, 0.717) is 19.4 Å². The summed E-state index contributed by atoms with van der Waals surface area (Å²) in [4.78, 5) is 2.38. The first kappa shape index (κ1) is 21.3. The minimum atomic E-state index is -1.29. The van der Waals surface area contributed by atoms with E-state index in [0.717, 1.165) is 32.4 Å². The molecule has 7 nitrogen and oxygen atoms in total. The number of fused-ring (bicyclic) bond motifs is 2. The van der Waals surface area contributed by atoms with E-state index in [4.69, 9.17) is 14.2 Å². The number of piperidine rings is 1. The summed E-state index contributed by atoms with van der Waals surface area (Å²) in [6, 6.07) is -0.242. The van der Waals surface area contributed by atoms with E-state index in [-0.39, 0.29) is 47.3 Å². The van der Waals surface area contributed by atoms with Crippen molar-refractivity contribution in [2.45, 2.75) is 74.6 Å². The third-order valence-corrected chi connectivity index (χ3v) is 11.2. The molecule has 0 aromatic carbocycles. The van der Waals surface area contributed by atoms with Crippen molar-refractivity contribution >= 4 is 0 Å². The molecule has 12 atom stereocenters. The monoisotopic (exact) mass is 437 g/mol. The first-order chi connectivity index (χ1) is 14.8. The molecule has 31 heavy (non-hydrogen) atoms. The normalized spacial score (nSPS) is 61.6. The molecule has 3 N–H and O–H groups in total. The van der Waals surface area contributed by atoms with Crippen LogP contribution in [-0.2, 0) is 14.2 Å². The van der Waals surface area contributed by atoms with Gasteiger partial charge in [0.15, 0.2) is 0 Å². The number of aliphatic hydroxyl groups is 3. The van der Waals surface area contributed by atoms with Crippen LogP contribution in [-0.4, -0.2) is 96.8 Å². The molecule has 6 fully saturated rings. The highest BCUT2D eigenvalue weighted by atomic mass is 16.5. The Hall–Kier alpha value is -0.280. The van der Waals surface area contributed by atoms with Gasteiger partial charge in [-0.1, -0.05) is 6.92 Å². The number of hydrogen-bond donors (Lipinski definition) is 3. The second kappa shape index (κ2) is 6.44. The number of nitrogens with zero attached hydrogens (tertiary/aromatic N) is 1. The molecule has 1 saturated heterocycles. The summed E-state index contributed by atoms with van der Waals surface area (Å²) in [5.74, 6) is 0.249. The fraction of sp³-hybridized carbons (Fsp3) is 1.00. The molecule has 1 aliphatic heterocycles. The number of aliphatic hydroxyl groups excluding tert-OH is 1. The standard InChI is InChI=1S/C24H39NO6/c1-5-25-11-21(12-29-2)7-6-17(26)24-14-8-13-15(30-3)9-22(27,18(14)19(13)31-4)23(28,20(24)25)10-16(21)24/h13-20,26-28H,5-12H2,1-4H3. The molecule has 0 aromatic heterocycles. The van der Waals surface area contributed by atoms with E-state index < -0.39 is 22.7 Å². The Morgan fingerprint density at radius 1 is 1.06 bits per heavy atom. The highest BCUT2D eigenvalue weighted by Gasteiger charge is 2.88. The Morgan fingerprint density at radius 2 is 1.84 bits per heavy atom. The lowest BCUT2D eigenvalue weighted by Gasteiger charge is -2.70. The summed E-state index contributed by atoms with van der Waals surface area (Å²) in [7, 11) is 5.20. The van der Waals surface area contributed by atoms with Crippen molar-refractivity contribution in [3.63, 3.8) is 0 Å². The van der Waals surface area contributed by atoms with Crippen molar-refractivity contribution in [2.24, 2.45) is 34.5 Å². The van der Waals surface area contributed by atoms with Gasteiger partial charge in [-0.2, -0.15) is 0 Å². The van der Waals surface area contributed by atoms with E-state index in [1.165, 1.54) is 0 Å². The molecule has 6 rings (SSSR count). The van der Waals surface area contributed by atoms with Crippen molar-refractivity contribution in [2.75, 3.05) is 41.0 Å². The van der Waals surface area contributed by atoms with E-state index in [1.54, 1.807) is 21.3 Å². The lowest BCUT2D eigenvalue weighted by atomic mass is 9.42. The Bertz CT molecular complexity index is 766. The minimum Gasteiger partial charge on any atom is -0.392 e. The van der Waals surface area contributed by atoms with Crippen LogP contribution in [0.3, 0.4) is 0 Å². The third kappa shape index (κ3) is 2.04. The van der Waals surface area contributed by atoms with E-state index >= 15 is 0 Å². The van der Waals surface area contributed by atoms with Crippen LogP contribution in [0.4, 0.5) is 0 Å². The van der Waals surface area contributed by atoms with Crippen molar-refractivity contribution < 1.29 is 29.5 Å². The van der Waals surface area contributed by atoms with Crippen LogP contribution in [0.1, 0.15) is 39.0 Å². The first-order valence-electron chi connectivity index (χ1n) is 12.2. The fourth-order valence-electron chi connectivity index (χ4n) is 10.6. The van der Waals surface area contributed by atoms with Crippen LogP contribution in [0, 0.1) is 34.5 Å². The number of hydrogen-bond acceptors (Lipinski definition) is 7. The summed E-state index contributed by atoms with van der Waals surface area (Å²) in [5.41, 5.74) is -3.11. The fourth-order valence-corrected chi connectivity index (χ4v) is 10.6. The number of likely N-dealkylation sites (tertiary alicyclic amines) is 1. The molecule has 1 heterocycles. The van der Waals surface area contributed by atoms with Crippen LogP contribution in [0.2, 0.25) is 0 Å². The zero-order valence-corrected chi connectivity index (χ0v) is 19.3. The summed E-state index contributed by atoms with van der Waals surface area (Å²) in [5, 5.41) is 36.9. The zero-order chi connectivity index (χ0) is 22.0. The Kier molecular flexibility index (Phi) is 4.41. The Labute approximate surface area is 185 Å². The summed E-state index contributed by atoms with van der Waals surface area (Å²) in [6.45, 7) is 4.43. The number of rotatable bonds is 5. The van der Waals surface area contributed by atoms with Crippen LogP contribution < -0.4 is 0 Å². The highest BCUT2D eigenvalue weighted by molar-refractivity contribution is 5.38. The van der Waals surface area contributed by atoms with Crippen molar-refractivity contribution in [3.05, 3.63) is 0 Å². The Morgan fingerprint density at radius 3 is 2.48 bits per heavy atom. The average molecular weight is 438 g/mol. The maximum Gasteiger partial charge on any atom is 0.110 e. The maximum absolute atomic E-state index is 12.6. The van der Waals surface area contributed by atoms with Gasteiger partial charge in [0.2, 0.25) is 0 Å². The van der Waals surface area contributed by atoms with E-state index in [2.05, 4.69) is 11.8 Å². The predicted octanol–water partition coefficient (Wildman–Crippen LogP) is 0.646. The quantitative estimate of drug-likeness (QED) is 0.582. The van der Waals surface area contributed by atoms with Gasteiger partial charge < -0.3 is 29.5 Å². The van der Waals surface area contributed by atoms with E-state index in [1.807, 2.05) is 0 Å². The van der Waals surface area contributed by atoms with Gasteiger partial charge in [0.05, 0.1) is 24.9 Å². The molecule has 0 aromatic rings. The lowest BCUT2D eigenvalue weighted by Crippen LogP contribution is -2.81. The van der Waals surface area contributed by atoms with E-state index in [9.17, 15) is 15.3 Å². The molecule has 5 saturated carbocycles. The molecule has 7 bridgehead atoms. The SMILES string of the molecule is CCN1CC2(COC)CCC(O)C34C5CC6C(OC)CC(O)(C5C6OC)C(O)(CC23)C14. The minimum absolute atomic E-state index is 0.0960. The summed E-state index contributed by atoms with van der Waals surface area (Å²) >= 11 is 0. The molecular weight excluding hydrogens is 398 g/mol. The van der Waals surface area contributed by atoms with Crippen molar-refractivity contribution in [1.29, 1.82) is 0 Å². The smallest absolute Gasteiger partial charge is 0.110 e. The second-order valence-corrected chi connectivity index (χ2v) is 11.6. The molecule has 5 aliphatic carbocycles. The molecule has 7 heteroatoms. The maximum atomic E-state index is 12.6. The van der Waals surface area contributed by atoms with Gasteiger partial charge in [-0.15, -0.1) is 0 Å². The van der Waals surface area contributed by atoms with Crippen molar-refractivity contribution in [1.82, 2.24) is 4.90 Å². The van der Waals surface area contributed by atoms with Gasteiger partial charge in [-0.05, 0) is 44.1 Å². The van der Waals surface area contributed by atoms with Gasteiger partial charge in [0, 0.05) is 63.0 Å². The summed E-state index contributed by atoms with van der Waals surface area (Å²) < 4.78 is 17.7. The highest BCUT2D eigenvalue weighted by Crippen LogP contribution is 2.79. The predicted molar refractivity (Wildman–Crippen MR) is 112 cm³/mol. The molecular formula is C24H39NO6.